The molecule has 0 aliphatic rings. The highest BCUT2D eigenvalue weighted by molar-refractivity contribution is 9.10. The molecule has 0 radical (unpaired) electrons. The van der Waals surface area contributed by atoms with Crippen molar-refractivity contribution in [2.24, 2.45) is 5.73 Å². The first-order valence-electron chi connectivity index (χ1n) is 5.63. The molecule has 0 bridgehead atoms. The fourth-order valence-corrected chi connectivity index (χ4v) is 1.94. The van der Waals surface area contributed by atoms with Gasteiger partial charge in [0.15, 0.2) is 0 Å². The average molecular weight is 337 g/mol. The molecule has 3 N–H and O–H groups in total. The first-order chi connectivity index (χ1) is 9.47. The number of amides is 2. The van der Waals surface area contributed by atoms with Gasteiger partial charge in [0.2, 0.25) is 5.91 Å². The number of rotatable bonds is 3. The maximum absolute atomic E-state index is 13.1. The summed E-state index contributed by atoms with van der Waals surface area (Å²) < 4.78 is 13.3. The van der Waals surface area contributed by atoms with E-state index in [4.69, 9.17) is 5.73 Å². The highest BCUT2D eigenvalue weighted by Crippen LogP contribution is 2.18. The van der Waals surface area contributed by atoms with Crippen LogP contribution < -0.4 is 11.1 Å². The summed E-state index contributed by atoms with van der Waals surface area (Å²) in [6.07, 6.45) is 0. The van der Waals surface area contributed by atoms with Gasteiger partial charge in [0.25, 0.3) is 5.91 Å². The minimum absolute atomic E-state index is 0.217. The SMILES string of the molecule is NC(=O)c1ccc(NC(=O)c2ccc(F)c(Br)c2)cc1. The van der Waals surface area contributed by atoms with E-state index in [1.165, 1.54) is 30.3 Å². The summed E-state index contributed by atoms with van der Waals surface area (Å²) in [7, 11) is 0. The van der Waals surface area contributed by atoms with Crippen LogP contribution in [0.2, 0.25) is 0 Å². The van der Waals surface area contributed by atoms with Crippen molar-refractivity contribution in [2.45, 2.75) is 0 Å². The van der Waals surface area contributed by atoms with E-state index in [0.717, 1.165) is 0 Å². The van der Waals surface area contributed by atoms with Gasteiger partial charge in [0.1, 0.15) is 5.82 Å². The first-order valence-corrected chi connectivity index (χ1v) is 6.43. The summed E-state index contributed by atoms with van der Waals surface area (Å²) in [6.45, 7) is 0. The van der Waals surface area contributed by atoms with Crippen LogP contribution in [0.15, 0.2) is 46.9 Å². The Balaban J connectivity index is 2.14. The summed E-state index contributed by atoms with van der Waals surface area (Å²) >= 11 is 3.02. The van der Waals surface area contributed by atoms with Gasteiger partial charge in [-0.05, 0) is 58.4 Å². The van der Waals surface area contributed by atoms with Crippen molar-refractivity contribution in [1.82, 2.24) is 0 Å². The number of benzene rings is 2. The summed E-state index contributed by atoms with van der Waals surface area (Å²) in [5.74, 6) is -1.35. The predicted molar refractivity (Wildman–Crippen MR) is 77.0 cm³/mol. The standard InChI is InChI=1S/C14H10BrFN2O2/c15-11-7-9(3-6-12(11)16)14(20)18-10-4-1-8(2-5-10)13(17)19/h1-7H,(H2,17,19)(H,18,20). The summed E-state index contributed by atoms with van der Waals surface area (Å²) in [5, 5.41) is 2.64. The molecule has 2 amide bonds. The zero-order valence-corrected chi connectivity index (χ0v) is 11.8. The van der Waals surface area contributed by atoms with Gasteiger partial charge in [-0.2, -0.15) is 0 Å². The Kier molecular flexibility index (Phi) is 4.14. The molecule has 102 valence electrons. The number of hydrogen-bond donors (Lipinski definition) is 2. The van der Waals surface area contributed by atoms with Crippen molar-refractivity contribution in [1.29, 1.82) is 0 Å². The molecule has 0 aliphatic carbocycles. The third kappa shape index (κ3) is 3.21. The van der Waals surface area contributed by atoms with E-state index in [-0.39, 0.29) is 10.4 Å². The lowest BCUT2D eigenvalue weighted by Crippen LogP contribution is -2.13. The molecule has 2 aromatic carbocycles. The molecule has 0 saturated carbocycles. The monoisotopic (exact) mass is 336 g/mol. The molecule has 0 spiro atoms. The van der Waals surface area contributed by atoms with Gasteiger partial charge in [-0.1, -0.05) is 0 Å². The first kappa shape index (κ1) is 14.2. The average Bonchev–Trinajstić information content (AvgIpc) is 2.42. The third-order valence-corrected chi connectivity index (χ3v) is 3.22. The number of carbonyl (C=O) groups excluding carboxylic acids is 2. The fraction of sp³-hybridized carbons (Fsp3) is 0. The Morgan fingerprint density at radius 2 is 1.65 bits per heavy atom. The Morgan fingerprint density at radius 1 is 1.05 bits per heavy atom. The van der Waals surface area contributed by atoms with Crippen molar-refractivity contribution in [3.63, 3.8) is 0 Å². The lowest BCUT2D eigenvalue weighted by atomic mass is 10.1. The van der Waals surface area contributed by atoms with Crippen LogP contribution in [0.1, 0.15) is 20.7 Å². The number of nitrogens with two attached hydrogens (primary N) is 1. The maximum atomic E-state index is 13.1. The van der Waals surface area contributed by atoms with Crippen molar-refractivity contribution >= 4 is 33.4 Å². The molecular formula is C14H10BrFN2O2. The molecule has 0 fully saturated rings. The molecular weight excluding hydrogens is 327 g/mol. The summed E-state index contributed by atoms with van der Waals surface area (Å²) in [6, 6.07) is 10.1. The Bertz CT molecular complexity index is 671. The maximum Gasteiger partial charge on any atom is 0.255 e. The van der Waals surface area contributed by atoms with Crippen LogP contribution in [-0.2, 0) is 0 Å². The molecule has 0 saturated heterocycles. The van der Waals surface area contributed by atoms with E-state index >= 15 is 0 Å². The van der Waals surface area contributed by atoms with Crippen molar-refractivity contribution in [3.05, 3.63) is 63.9 Å². The molecule has 0 heterocycles. The van der Waals surface area contributed by atoms with Crippen LogP contribution in [0.5, 0.6) is 0 Å². The zero-order chi connectivity index (χ0) is 14.7. The number of nitrogens with one attached hydrogen (secondary N) is 1. The Morgan fingerprint density at radius 3 is 2.20 bits per heavy atom. The molecule has 0 aromatic heterocycles. The minimum atomic E-state index is -0.537. The van der Waals surface area contributed by atoms with Gasteiger partial charge >= 0.3 is 0 Å². The van der Waals surface area contributed by atoms with E-state index in [0.29, 0.717) is 16.8 Å². The number of halogens is 2. The zero-order valence-electron chi connectivity index (χ0n) is 10.2. The molecule has 6 heteroatoms. The van der Waals surface area contributed by atoms with Crippen molar-refractivity contribution < 1.29 is 14.0 Å². The van der Waals surface area contributed by atoms with E-state index < -0.39 is 11.7 Å². The molecule has 0 unspecified atom stereocenters. The predicted octanol–water partition coefficient (Wildman–Crippen LogP) is 2.94. The third-order valence-electron chi connectivity index (χ3n) is 2.61. The van der Waals surface area contributed by atoms with Crippen LogP contribution in [0.3, 0.4) is 0 Å². The second-order valence-corrected chi connectivity index (χ2v) is 4.88. The van der Waals surface area contributed by atoms with E-state index in [2.05, 4.69) is 21.2 Å². The minimum Gasteiger partial charge on any atom is -0.366 e. The Hall–Kier alpha value is -2.21. The van der Waals surface area contributed by atoms with Gasteiger partial charge in [-0.15, -0.1) is 0 Å². The largest absolute Gasteiger partial charge is 0.366 e. The molecule has 0 aliphatic heterocycles. The van der Waals surface area contributed by atoms with E-state index in [9.17, 15) is 14.0 Å². The van der Waals surface area contributed by atoms with Gasteiger partial charge in [0, 0.05) is 16.8 Å². The van der Waals surface area contributed by atoms with Crippen LogP contribution in [0, 0.1) is 5.82 Å². The highest BCUT2D eigenvalue weighted by atomic mass is 79.9. The van der Waals surface area contributed by atoms with Crippen molar-refractivity contribution in [2.75, 3.05) is 5.32 Å². The normalized spacial score (nSPS) is 10.1. The smallest absolute Gasteiger partial charge is 0.255 e. The fourth-order valence-electron chi connectivity index (χ4n) is 1.56. The van der Waals surface area contributed by atoms with E-state index in [1.807, 2.05) is 0 Å². The molecule has 4 nitrogen and oxygen atoms in total. The second-order valence-electron chi connectivity index (χ2n) is 4.02. The van der Waals surface area contributed by atoms with Crippen LogP contribution in [0.25, 0.3) is 0 Å². The topological polar surface area (TPSA) is 72.2 Å². The number of primary amides is 1. The summed E-state index contributed by atoms with van der Waals surface area (Å²) in [5.41, 5.74) is 6.31. The molecule has 0 atom stereocenters. The molecule has 20 heavy (non-hydrogen) atoms. The van der Waals surface area contributed by atoms with Gasteiger partial charge in [-0.25, -0.2) is 4.39 Å². The lowest BCUT2D eigenvalue weighted by molar-refractivity contribution is 0.0998. The van der Waals surface area contributed by atoms with Crippen molar-refractivity contribution in [3.8, 4) is 0 Å². The quantitative estimate of drug-likeness (QED) is 0.904. The van der Waals surface area contributed by atoms with Crippen LogP contribution in [-0.4, -0.2) is 11.8 Å². The van der Waals surface area contributed by atoms with Gasteiger partial charge in [0.05, 0.1) is 4.47 Å². The van der Waals surface area contributed by atoms with Crippen LogP contribution in [0.4, 0.5) is 10.1 Å². The lowest BCUT2D eigenvalue weighted by Gasteiger charge is -2.06. The summed E-state index contributed by atoms with van der Waals surface area (Å²) in [4.78, 5) is 22.9. The number of carbonyl (C=O) groups is 2. The van der Waals surface area contributed by atoms with Crippen LogP contribution >= 0.6 is 15.9 Å². The molecule has 2 rings (SSSR count). The Labute approximate surface area is 122 Å². The number of hydrogen-bond acceptors (Lipinski definition) is 2. The van der Waals surface area contributed by atoms with Gasteiger partial charge in [-0.3, -0.25) is 9.59 Å². The molecule has 2 aromatic rings. The highest BCUT2D eigenvalue weighted by Gasteiger charge is 2.09. The second kappa shape index (κ2) is 5.83. The van der Waals surface area contributed by atoms with Gasteiger partial charge < -0.3 is 11.1 Å². The van der Waals surface area contributed by atoms with E-state index in [1.54, 1.807) is 12.1 Å². The number of anilines is 1.